The number of carbonyl (C=O) groups excluding carboxylic acids is 1. The van der Waals surface area contributed by atoms with Gasteiger partial charge in [0.2, 0.25) is 0 Å². The largest absolute Gasteiger partial charge is 0.435 e. The van der Waals surface area contributed by atoms with Crippen molar-refractivity contribution in [2.45, 2.75) is 27.0 Å². The lowest BCUT2D eigenvalue weighted by molar-refractivity contribution is -0.0498. The minimum absolute atomic E-state index is 0.0916. The number of aromatic nitrogens is 1. The van der Waals surface area contributed by atoms with Gasteiger partial charge in [0.1, 0.15) is 5.75 Å². The molecule has 0 aliphatic carbocycles. The maximum absolute atomic E-state index is 13.0. The number of benzene rings is 2. The molecule has 0 fully saturated rings. The zero-order chi connectivity index (χ0) is 19.6. The zero-order valence-corrected chi connectivity index (χ0v) is 15.4. The fourth-order valence-corrected chi connectivity index (χ4v) is 2.98. The Balaban J connectivity index is 1.83. The first kappa shape index (κ1) is 18.8. The predicted octanol–water partition coefficient (Wildman–Crippen LogP) is 4.73. The van der Waals surface area contributed by atoms with E-state index >= 15 is 0 Å². The van der Waals surface area contributed by atoms with Crippen molar-refractivity contribution in [3.63, 3.8) is 0 Å². The number of fused-ring (bicyclic) bond motifs is 1. The number of alkyl halides is 2. The van der Waals surface area contributed by atoms with E-state index in [4.69, 9.17) is 0 Å². The molecule has 1 heterocycles. The molecule has 4 nitrogen and oxygen atoms in total. The fraction of sp³-hybridized carbons (Fsp3) is 0.238. The summed E-state index contributed by atoms with van der Waals surface area (Å²) in [5.74, 6) is -0.0297. The second-order valence-electron chi connectivity index (χ2n) is 6.52. The molecule has 0 spiro atoms. The monoisotopic (exact) mass is 370 g/mol. The summed E-state index contributed by atoms with van der Waals surface area (Å²) in [6.45, 7) is 1.33. The standard InChI is InChI=1S/C21H20F2N2O2/c1-13-4-9-19-17(10-13)18(11-14(2)24-19)20(26)25(3)12-15-5-7-16(8-6-15)27-21(22)23/h4-11,21H,12H2,1-3H3. The molecule has 0 saturated heterocycles. The number of pyridine rings is 1. The van der Waals surface area contributed by atoms with Crippen molar-refractivity contribution in [2.75, 3.05) is 7.05 Å². The lowest BCUT2D eigenvalue weighted by Gasteiger charge is -2.19. The Hall–Kier alpha value is -3.02. The summed E-state index contributed by atoms with van der Waals surface area (Å²) in [5.41, 5.74) is 4.03. The number of carbonyl (C=O) groups is 1. The van der Waals surface area contributed by atoms with E-state index in [9.17, 15) is 13.6 Å². The minimum Gasteiger partial charge on any atom is -0.435 e. The number of ether oxygens (including phenoxy) is 1. The van der Waals surface area contributed by atoms with Crippen molar-refractivity contribution in [1.29, 1.82) is 0 Å². The van der Waals surface area contributed by atoms with Crippen LogP contribution in [0.3, 0.4) is 0 Å². The zero-order valence-electron chi connectivity index (χ0n) is 15.4. The molecule has 0 N–H and O–H groups in total. The van der Waals surface area contributed by atoms with Crippen molar-refractivity contribution in [2.24, 2.45) is 0 Å². The lowest BCUT2D eigenvalue weighted by atomic mass is 10.0. The Morgan fingerprint density at radius 1 is 1.11 bits per heavy atom. The smallest absolute Gasteiger partial charge is 0.387 e. The van der Waals surface area contributed by atoms with Crippen LogP contribution in [-0.2, 0) is 6.54 Å². The predicted molar refractivity (Wildman–Crippen MR) is 100 cm³/mol. The Labute approximate surface area is 156 Å². The number of rotatable bonds is 5. The highest BCUT2D eigenvalue weighted by atomic mass is 19.3. The lowest BCUT2D eigenvalue weighted by Crippen LogP contribution is -2.26. The minimum atomic E-state index is -2.85. The number of hydrogen-bond acceptors (Lipinski definition) is 3. The molecule has 1 aromatic heterocycles. The van der Waals surface area contributed by atoms with Gasteiger partial charge >= 0.3 is 6.61 Å². The van der Waals surface area contributed by atoms with E-state index in [1.165, 1.54) is 12.1 Å². The Kier molecular flexibility index (Phi) is 5.35. The molecule has 3 rings (SSSR count). The van der Waals surface area contributed by atoms with Gasteiger partial charge < -0.3 is 9.64 Å². The van der Waals surface area contributed by atoms with Gasteiger partial charge in [0, 0.05) is 24.7 Å². The maximum Gasteiger partial charge on any atom is 0.387 e. The van der Waals surface area contributed by atoms with Gasteiger partial charge in [-0.1, -0.05) is 23.8 Å². The fourth-order valence-electron chi connectivity index (χ4n) is 2.98. The van der Waals surface area contributed by atoms with Crippen molar-refractivity contribution in [1.82, 2.24) is 9.88 Å². The number of aryl methyl sites for hydroxylation is 2. The summed E-state index contributed by atoms with van der Waals surface area (Å²) < 4.78 is 28.8. The van der Waals surface area contributed by atoms with Gasteiger partial charge in [0.05, 0.1) is 11.1 Å². The van der Waals surface area contributed by atoms with Crippen molar-refractivity contribution < 1.29 is 18.3 Å². The number of nitrogens with zero attached hydrogens (tertiary/aromatic N) is 2. The molecule has 0 bridgehead atoms. The maximum atomic E-state index is 13.0. The average Bonchev–Trinajstić information content (AvgIpc) is 2.62. The molecule has 1 amide bonds. The van der Waals surface area contributed by atoms with Gasteiger partial charge in [0.15, 0.2) is 0 Å². The van der Waals surface area contributed by atoms with Gasteiger partial charge in [-0.15, -0.1) is 0 Å². The second-order valence-corrected chi connectivity index (χ2v) is 6.52. The molecule has 0 aliphatic heterocycles. The van der Waals surface area contributed by atoms with Crippen molar-refractivity contribution in [3.8, 4) is 5.75 Å². The molecule has 0 atom stereocenters. The summed E-state index contributed by atoms with van der Waals surface area (Å²) in [5, 5.41) is 0.818. The van der Waals surface area contributed by atoms with Crippen LogP contribution in [0.5, 0.6) is 5.75 Å². The Morgan fingerprint density at radius 2 is 1.81 bits per heavy atom. The van der Waals surface area contributed by atoms with Crippen LogP contribution in [0.25, 0.3) is 10.9 Å². The van der Waals surface area contributed by atoms with Crippen molar-refractivity contribution in [3.05, 3.63) is 70.9 Å². The van der Waals surface area contributed by atoms with Crippen LogP contribution in [0, 0.1) is 13.8 Å². The highest BCUT2D eigenvalue weighted by molar-refractivity contribution is 6.06. The van der Waals surface area contributed by atoms with Crippen LogP contribution in [0.1, 0.15) is 27.2 Å². The quantitative estimate of drug-likeness (QED) is 0.652. The highest BCUT2D eigenvalue weighted by Gasteiger charge is 2.17. The summed E-state index contributed by atoms with van der Waals surface area (Å²) >= 11 is 0. The number of halogens is 2. The van der Waals surface area contributed by atoms with E-state index in [0.717, 1.165) is 27.7 Å². The third-order valence-electron chi connectivity index (χ3n) is 4.24. The molecule has 6 heteroatoms. The van der Waals surface area contributed by atoms with E-state index in [1.54, 1.807) is 30.1 Å². The van der Waals surface area contributed by atoms with Crippen LogP contribution in [0.15, 0.2) is 48.5 Å². The Morgan fingerprint density at radius 3 is 2.48 bits per heavy atom. The van der Waals surface area contributed by atoms with Gasteiger partial charge in [-0.05, 0) is 49.7 Å². The van der Waals surface area contributed by atoms with Crippen LogP contribution >= 0.6 is 0 Å². The van der Waals surface area contributed by atoms with Crippen LogP contribution < -0.4 is 4.74 Å². The van der Waals surface area contributed by atoms with E-state index in [0.29, 0.717) is 12.1 Å². The van der Waals surface area contributed by atoms with E-state index in [2.05, 4.69) is 9.72 Å². The van der Waals surface area contributed by atoms with Crippen molar-refractivity contribution >= 4 is 16.8 Å². The molecular formula is C21H20F2N2O2. The van der Waals surface area contributed by atoms with E-state index in [-0.39, 0.29) is 11.7 Å². The summed E-state index contributed by atoms with van der Waals surface area (Å²) in [6, 6.07) is 13.9. The molecular weight excluding hydrogens is 350 g/mol. The Bertz CT molecular complexity index is 972. The molecule has 0 radical (unpaired) electrons. The van der Waals surface area contributed by atoms with Crippen LogP contribution in [0.4, 0.5) is 8.78 Å². The normalized spacial score (nSPS) is 11.0. The van der Waals surface area contributed by atoms with Gasteiger partial charge in [-0.3, -0.25) is 9.78 Å². The molecule has 140 valence electrons. The summed E-state index contributed by atoms with van der Waals surface area (Å²) in [4.78, 5) is 19.1. The van der Waals surface area contributed by atoms with Gasteiger partial charge in [-0.2, -0.15) is 8.78 Å². The first-order chi connectivity index (χ1) is 12.8. The topological polar surface area (TPSA) is 42.4 Å². The first-order valence-corrected chi connectivity index (χ1v) is 8.50. The van der Waals surface area contributed by atoms with E-state index in [1.807, 2.05) is 32.0 Å². The highest BCUT2D eigenvalue weighted by Crippen LogP contribution is 2.22. The third kappa shape index (κ3) is 4.39. The average molecular weight is 370 g/mol. The molecule has 0 unspecified atom stereocenters. The number of amides is 1. The number of hydrogen-bond donors (Lipinski definition) is 0. The van der Waals surface area contributed by atoms with Crippen LogP contribution in [-0.4, -0.2) is 29.5 Å². The first-order valence-electron chi connectivity index (χ1n) is 8.50. The van der Waals surface area contributed by atoms with Crippen LogP contribution in [0.2, 0.25) is 0 Å². The molecule has 27 heavy (non-hydrogen) atoms. The van der Waals surface area contributed by atoms with E-state index < -0.39 is 6.61 Å². The summed E-state index contributed by atoms with van der Waals surface area (Å²) in [6.07, 6.45) is 0. The second kappa shape index (κ2) is 7.70. The molecule has 2 aromatic carbocycles. The van der Waals surface area contributed by atoms with Gasteiger partial charge in [0.25, 0.3) is 5.91 Å². The SMILES string of the molecule is Cc1ccc2nc(C)cc(C(=O)N(C)Cc3ccc(OC(F)F)cc3)c2c1. The molecule has 0 saturated carbocycles. The third-order valence-corrected chi connectivity index (χ3v) is 4.24. The van der Waals surface area contributed by atoms with Gasteiger partial charge in [-0.25, -0.2) is 0 Å². The molecule has 3 aromatic rings. The molecule has 0 aliphatic rings. The summed E-state index contributed by atoms with van der Waals surface area (Å²) in [7, 11) is 1.71.